The minimum absolute atomic E-state index is 0.0672. The Morgan fingerprint density at radius 3 is 1.71 bits per heavy atom. The number of nitrogens with zero attached hydrogens (tertiary/aromatic N) is 4. The molecule has 0 saturated heterocycles. The molecule has 5 heteroatoms. The highest BCUT2D eigenvalue weighted by atomic mass is 16.3. The van der Waals surface area contributed by atoms with Gasteiger partial charge in [0.1, 0.15) is 11.3 Å². The van der Waals surface area contributed by atoms with Crippen molar-refractivity contribution in [1.82, 2.24) is 15.0 Å². The second-order valence-corrected chi connectivity index (χ2v) is 14.4. The fourth-order valence-corrected chi connectivity index (χ4v) is 8.49. The Morgan fingerprint density at radius 2 is 1.00 bits per heavy atom. The van der Waals surface area contributed by atoms with E-state index >= 15 is 0 Å². The van der Waals surface area contributed by atoms with Crippen LogP contribution in [-0.4, -0.2) is 21.0 Å². The minimum Gasteiger partial charge on any atom is -0.456 e. The number of hydrogen-bond acceptors (Lipinski definition) is 5. The van der Waals surface area contributed by atoms with E-state index in [-0.39, 0.29) is 12.0 Å². The van der Waals surface area contributed by atoms with Crippen molar-refractivity contribution in [2.24, 2.45) is 0 Å². The summed E-state index contributed by atoms with van der Waals surface area (Å²) in [5.41, 5.74) is 13.1. The first-order valence-electron chi connectivity index (χ1n) is 19.0. The van der Waals surface area contributed by atoms with E-state index in [0.717, 1.165) is 50.2 Å². The third kappa shape index (κ3) is 5.44. The maximum absolute atomic E-state index is 6.61. The van der Waals surface area contributed by atoms with Gasteiger partial charge in [0.05, 0.1) is 6.04 Å². The van der Waals surface area contributed by atoms with Crippen molar-refractivity contribution in [1.29, 1.82) is 0 Å². The zero-order chi connectivity index (χ0) is 37.0. The summed E-state index contributed by atoms with van der Waals surface area (Å²) in [7, 11) is 0. The number of anilines is 2. The Morgan fingerprint density at radius 1 is 0.446 bits per heavy atom. The fourth-order valence-electron chi connectivity index (χ4n) is 8.49. The molecule has 0 bridgehead atoms. The topological polar surface area (TPSA) is 55.1 Å². The first-order valence-corrected chi connectivity index (χ1v) is 19.0. The molecule has 1 aliphatic heterocycles. The number of aromatic nitrogens is 3. The monoisotopic (exact) mass is 718 g/mol. The van der Waals surface area contributed by atoms with Crippen LogP contribution in [0.1, 0.15) is 22.8 Å². The van der Waals surface area contributed by atoms with Crippen LogP contribution in [0.4, 0.5) is 11.4 Å². The van der Waals surface area contributed by atoms with Gasteiger partial charge in [-0.2, -0.15) is 0 Å². The van der Waals surface area contributed by atoms with Crippen LogP contribution in [0.15, 0.2) is 192 Å². The van der Waals surface area contributed by atoms with Gasteiger partial charge in [0.2, 0.25) is 0 Å². The molecule has 7 aromatic carbocycles. The molecule has 2 aromatic heterocycles. The van der Waals surface area contributed by atoms with Crippen molar-refractivity contribution < 1.29 is 4.42 Å². The van der Waals surface area contributed by atoms with E-state index in [1.54, 1.807) is 0 Å². The lowest BCUT2D eigenvalue weighted by molar-refractivity contribution is 0.584. The second kappa shape index (κ2) is 13.2. The number of para-hydroxylation sites is 1. The molecular formula is C51H34N4O. The maximum Gasteiger partial charge on any atom is 0.164 e. The summed E-state index contributed by atoms with van der Waals surface area (Å²) in [6, 6.07) is 63.6. The lowest BCUT2D eigenvalue weighted by Crippen LogP contribution is -2.30. The zero-order valence-corrected chi connectivity index (χ0v) is 30.3. The highest BCUT2D eigenvalue weighted by molar-refractivity contribution is 5.93. The maximum atomic E-state index is 6.61. The molecule has 2 aliphatic rings. The lowest BCUT2D eigenvalue weighted by atomic mass is 9.82. The van der Waals surface area contributed by atoms with E-state index in [1.165, 1.54) is 27.9 Å². The molecule has 56 heavy (non-hydrogen) atoms. The van der Waals surface area contributed by atoms with Gasteiger partial charge in [0.15, 0.2) is 17.5 Å². The number of furan rings is 1. The van der Waals surface area contributed by atoms with Crippen molar-refractivity contribution >= 4 is 28.4 Å². The Balaban J connectivity index is 1.04. The number of fused-ring (bicyclic) bond motifs is 7. The minimum atomic E-state index is 0.0672. The lowest BCUT2D eigenvalue weighted by Gasteiger charge is -2.30. The molecule has 1 aliphatic carbocycles. The normalized spacial score (nSPS) is 15.4. The van der Waals surface area contributed by atoms with Gasteiger partial charge in [0.25, 0.3) is 0 Å². The highest BCUT2D eigenvalue weighted by Gasteiger charge is 2.43. The molecular weight excluding hydrogens is 685 g/mol. The molecule has 5 nitrogen and oxygen atoms in total. The molecule has 264 valence electrons. The van der Waals surface area contributed by atoms with Crippen LogP contribution >= 0.6 is 0 Å². The average molecular weight is 719 g/mol. The molecule has 0 fully saturated rings. The smallest absolute Gasteiger partial charge is 0.164 e. The first kappa shape index (κ1) is 32.1. The number of benzene rings is 7. The van der Waals surface area contributed by atoms with E-state index in [0.29, 0.717) is 17.5 Å². The van der Waals surface area contributed by atoms with E-state index in [1.807, 2.05) is 36.4 Å². The predicted octanol–water partition coefficient (Wildman–Crippen LogP) is 12.6. The Bertz CT molecular complexity index is 2940. The highest BCUT2D eigenvalue weighted by Crippen LogP contribution is 2.54. The first-order chi connectivity index (χ1) is 27.7. The molecule has 0 spiro atoms. The van der Waals surface area contributed by atoms with Crippen LogP contribution in [0.3, 0.4) is 0 Å². The van der Waals surface area contributed by atoms with Crippen molar-refractivity contribution in [3.8, 4) is 56.4 Å². The van der Waals surface area contributed by atoms with Gasteiger partial charge >= 0.3 is 0 Å². The Hall–Kier alpha value is -7.37. The largest absolute Gasteiger partial charge is 0.456 e. The molecule has 0 radical (unpaired) electrons. The van der Waals surface area contributed by atoms with E-state index in [4.69, 9.17) is 19.4 Å². The van der Waals surface area contributed by atoms with Gasteiger partial charge in [0, 0.05) is 44.9 Å². The summed E-state index contributed by atoms with van der Waals surface area (Å²) in [5.74, 6) is 2.84. The van der Waals surface area contributed by atoms with Gasteiger partial charge in [-0.25, -0.2) is 15.0 Å². The third-order valence-electron chi connectivity index (χ3n) is 11.1. The number of hydrogen-bond donors (Lipinski definition) is 0. The fraction of sp³-hybridized carbons (Fsp3) is 0.0392. The summed E-state index contributed by atoms with van der Waals surface area (Å²) >= 11 is 0. The van der Waals surface area contributed by atoms with Crippen LogP contribution in [-0.2, 0) is 0 Å². The summed E-state index contributed by atoms with van der Waals surface area (Å²) in [6.07, 6.45) is 4.46. The van der Waals surface area contributed by atoms with E-state index in [2.05, 4.69) is 163 Å². The van der Waals surface area contributed by atoms with Gasteiger partial charge in [-0.1, -0.05) is 146 Å². The SMILES string of the molecule is C1=CC2C(c3ccccc3N2c2cccc(-c3ccccc3)c2)c2c1oc1ccc(-c3nc(-c4ccccc4)nc(-c4cccc(-c5ccccc5)c4)n3)cc21. The molecule has 2 atom stereocenters. The molecule has 11 rings (SSSR count). The standard InChI is InChI=1S/C51H34N4O/c1-4-14-33(15-5-1)36-20-12-22-38(30-36)50-52-49(35-18-8-3-9-19-35)53-51(54-50)39-26-28-45-42(32-39)48-46(56-45)29-27-44-47(48)41-24-10-11-25-43(41)55(44)40-23-13-21-37(31-40)34-16-6-2-7-17-34/h1-32,44,47H. The summed E-state index contributed by atoms with van der Waals surface area (Å²) in [4.78, 5) is 17.8. The molecule has 9 aromatic rings. The van der Waals surface area contributed by atoms with Crippen LogP contribution < -0.4 is 4.90 Å². The van der Waals surface area contributed by atoms with Gasteiger partial charge < -0.3 is 9.32 Å². The quantitative estimate of drug-likeness (QED) is 0.171. The summed E-state index contributed by atoms with van der Waals surface area (Å²) in [5, 5.41) is 1.07. The predicted molar refractivity (Wildman–Crippen MR) is 226 cm³/mol. The van der Waals surface area contributed by atoms with Gasteiger partial charge in [-0.15, -0.1) is 0 Å². The van der Waals surface area contributed by atoms with Crippen LogP contribution in [0.2, 0.25) is 0 Å². The van der Waals surface area contributed by atoms with E-state index in [9.17, 15) is 0 Å². The Kier molecular flexibility index (Phi) is 7.56. The summed E-state index contributed by atoms with van der Waals surface area (Å²) < 4.78 is 6.61. The van der Waals surface area contributed by atoms with E-state index < -0.39 is 0 Å². The second-order valence-electron chi connectivity index (χ2n) is 14.4. The number of rotatable bonds is 6. The van der Waals surface area contributed by atoms with Crippen molar-refractivity contribution in [3.05, 3.63) is 205 Å². The van der Waals surface area contributed by atoms with Crippen LogP contribution in [0.25, 0.3) is 73.5 Å². The molecule has 2 unspecified atom stereocenters. The van der Waals surface area contributed by atoms with Crippen molar-refractivity contribution in [2.45, 2.75) is 12.0 Å². The third-order valence-corrected chi connectivity index (χ3v) is 11.1. The van der Waals surface area contributed by atoms with Gasteiger partial charge in [-0.3, -0.25) is 0 Å². The molecule has 0 amide bonds. The van der Waals surface area contributed by atoms with Crippen LogP contribution in [0.5, 0.6) is 0 Å². The van der Waals surface area contributed by atoms with Gasteiger partial charge in [-0.05, 0) is 76.4 Å². The summed E-state index contributed by atoms with van der Waals surface area (Å²) in [6.45, 7) is 0. The zero-order valence-electron chi connectivity index (χ0n) is 30.3. The van der Waals surface area contributed by atoms with Crippen molar-refractivity contribution in [2.75, 3.05) is 4.90 Å². The molecule has 0 N–H and O–H groups in total. The average Bonchev–Trinajstić information content (AvgIpc) is 3.82. The Labute approximate surface area is 324 Å². The van der Waals surface area contributed by atoms with Crippen molar-refractivity contribution in [3.63, 3.8) is 0 Å². The van der Waals surface area contributed by atoms with Crippen LogP contribution in [0, 0.1) is 0 Å². The molecule has 3 heterocycles. The molecule has 0 saturated carbocycles.